The summed E-state index contributed by atoms with van der Waals surface area (Å²) in [6, 6.07) is 1.94. The van der Waals surface area contributed by atoms with Crippen LogP contribution in [0.1, 0.15) is 33.6 Å². The molecule has 136 valence electrons. The molecule has 6 nitrogen and oxygen atoms in total. The van der Waals surface area contributed by atoms with Gasteiger partial charge in [0, 0.05) is 43.6 Å². The van der Waals surface area contributed by atoms with Crippen molar-refractivity contribution < 1.29 is 0 Å². The van der Waals surface area contributed by atoms with E-state index >= 15 is 0 Å². The third-order valence-corrected chi connectivity index (χ3v) is 5.07. The summed E-state index contributed by atoms with van der Waals surface area (Å²) in [6.45, 7) is 11.5. The van der Waals surface area contributed by atoms with E-state index in [0.717, 1.165) is 63.0 Å². The highest BCUT2D eigenvalue weighted by Crippen LogP contribution is 2.30. The number of allylic oxidation sites excluding steroid dienone is 1. The number of likely N-dealkylation sites (N-methyl/N-ethyl adjacent to an activating group) is 1. The van der Waals surface area contributed by atoms with Gasteiger partial charge in [0.25, 0.3) is 0 Å². The van der Waals surface area contributed by atoms with Gasteiger partial charge in [0.1, 0.15) is 5.82 Å². The summed E-state index contributed by atoms with van der Waals surface area (Å²) in [5, 5.41) is 10.5. The minimum Gasteiger partial charge on any atom is -0.340 e. The zero-order chi connectivity index (χ0) is 17.7. The molecular weight excluding hydrogens is 312 g/mol. The number of rotatable bonds is 6. The molecule has 1 aliphatic carbocycles. The van der Waals surface area contributed by atoms with Crippen molar-refractivity contribution in [1.82, 2.24) is 20.6 Å². The molecule has 25 heavy (non-hydrogen) atoms. The summed E-state index contributed by atoms with van der Waals surface area (Å²) in [5.74, 6) is 1.66. The van der Waals surface area contributed by atoms with E-state index in [1.807, 2.05) is 12.3 Å². The highest BCUT2D eigenvalue weighted by atomic mass is 15.3. The van der Waals surface area contributed by atoms with E-state index in [4.69, 9.17) is 4.98 Å². The van der Waals surface area contributed by atoms with Gasteiger partial charge in [-0.1, -0.05) is 19.9 Å². The Balaban J connectivity index is 1.72. The predicted molar refractivity (Wildman–Crippen MR) is 104 cm³/mol. The van der Waals surface area contributed by atoms with Gasteiger partial charge in [-0.15, -0.1) is 0 Å². The van der Waals surface area contributed by atoms with Gasteiger partial charge in [0.05, 0.1) is 0 Å². The number of piperazine rings is 1. The molecule has 1 unspecified atom stereocenters. The van der Waals surface area contributed by atoms with E-state index in [9.17, 15) is 0 Å². The van der Waals surface area contributed by atoms with Crippen molar-refractivity contribution in [3.8, 4) is 0 Å². The Bertz CT molecular complexity index is 647. The smallest absolute Gasteiger partial charge is 0.227 e. The monoisotopic (exact) mass is 342 g/mol. The zero-order valence-electron chi connectivity index (χ0n) is 15.6. The number of hydrogen-bond acceptors (Lipinski definition) is 6. The quantitative estimate of drug-likeness (QED) is 0.737. The van der Waals surface area contributed by atoms with Crippen molar-refractivity contribution in [2.24, 2.45) is 0 Å². The fourth-order valence-corrected chi connectivity index (χ4v) is 3.58. The molecule has 1 aromatic rings. The van der Waals surface area contributed by atoms with Crippen molar-refractivity contribution in [1.29, 1.82) is 0 Å². The first-order valence-electron chi connectivity index (χ1n) is 9.35. The number of anilines is 2. The van der Waals surface area contributed by atoms with E-state index < -0.39 is 0 Å². The van der Waals surface area contributed by atoms with Crippen LogP contribution in [-0.2, 0) is 0 Å². The summed E-state index contributed by atoms with van der Waals surface area (Å²) in [4.78, 5) is 11.4. The van der Waals surface area contributed by atoms with Crippen molar-refractivity contribution in [3.05, 3.63) is 35.7 Å². The second-order valence-electron chi connectivity index (χ2n) is 6.85. The molecule has 0 bridgehead atoms. The Hall–Kier alpha value is -1.92. The second-order valence-corrected chi connectivity index (χ2v) is 6.85. The normalized spacial score (nSPS) is 23.9. The highest BCUT2D eigenvalue weighted by Gasteiger charge is 2.28. The van der Waals surface area contributed by atoms with E-state index in [-0.39, 0.29) is 5.54 Å². The van der Waals surface area contributed by atoms with Crippen LogP contribution in [0.15, 0.2) is 35.7 Å². The van der Waals surface area contributed by atoms with Crippen LogP contribution in [0.3, 0.4) is 0 Å². The lowest BCUT2D eigenvalue weighted by Crippen LogP contribution is -2.44. The van der Waals surface area contributed by atoms with Crippen LogP contribution in [0.2, 0.25) is 0 Å². The molecule has 6 heteroatoms. The van der Waals surface area contributed by atoms with E-state index in [1.54, 1.807) is 0 Å². The van der Waals surface area contributed by atoms with E-state index in [1.165, 1.54) is 5.57 Å². The first-order chi connectivity index (χ1) is 12.2. The van der Waals surface area contributed by atoms with Gasteiger partial charge in [-0.3, -0.25) is 0 Å². The first kappa shape index (κ1) is 17.9. The largest absolute Gasteiger partial charge is 0.340 e. The molecule has 1 aromatic heterocycles. The maximum Gasteiger partial charge on any atom is 0.227 e. The molecular formula is C19H30N6. The third kappa shape index (κ3) is 4.19. The predicted octanol–water partition coefficient (Wildman–Crippen LogP) is 2.29. The van der Waals surface area contributed by atoms with Crippen molar-refractivity contribution >= 4 is 11.8 Å². The van der Waals surface area contributed by atoms with Gasteiger partial charge in [-0.05, 0) is 44.0 Å². The Labute approximate surface area is 150 Å². The molecule has 2 heterocycles. The molecule has 0 amide bonds. The van der Waals surface area contributed by atoms with Gasteiger partial charge in [-0.25, -0.2) is 4.98 Å². The van der Waals surface area contributed by atoms with Gasteiger partial charge in [0.15, 0.2) is 0 Å². The average molecular weight is 342 g/mol. The molecule has 0 radical (unpaired) electrons. The lowest BCUT2D eigenvalue weighted by atomic mass is 9.83. The van der Waals surface area contributed by atoms with Gasteiger partial charge in [0.2, 0.25) is 5.95 Å². The molecule has 0 saturated carbocycles. The lowest BCUT2D eigenvalue weighted by molar-refractivity contribution is 0.390. The van der Waals surface area contributed by atoms with Crippen molar-refractivity contribution in [2.75, 3.05) is 42.9 Å². The van der Waals surface area contributed by atoms with Gasteiger partial charge < -0.3 is 20.9 Å². The minimum atomic E-state index is 0.0850. The summed E-state index contributed by atoms with van der Waals surface area (Å²) in [6.07, 6.45) is 8.43. The zero-order valence-corrected chi connectivity index (χ0v) is 15.6. The summed E-state index contributed by atoms with van der Waals surface area (Å²) in [7, 11) is 0. The molecule has 2 aliphatic rings. The number of nitrogens with one attached hydrogen (secondary N) is 3. The number of aromatic nitrogens is 2. The number of nitrogens with zero attached hydrogens (tertiary/aromatic N) is 3. The molecule has 0 spiro atoms. The van der Waals surface area contributed by atoms with Crippen LogP contribution in [0.25, 0.3) is 0 Å². The van der Waals surface area contributed by atoms with Crippen LogP contribution in [0.5, 0.6) is 0 Å². The second kappa shape index (κ2) is 7.97. The maximum absolute atomic E-state index is 4.71. The minimum absolute atomic E-state index is 0.0850. The lowest BCUT2D eigenvalue weighted by Gasteiger charge is -2.34. The van der Waals surface area contributed by atoms with Crippen LogP contribution in [0, 0.1) is 0 Å². The Morgan fingerprint density at radius 2 is 2.08 bits per heavy atom. The van der Waals surface area contributed by atoms with Crippen LogP contribution in [-0.4, -0.2) is 48.2 Å². The SMILES string of the molecule is CCNC1(CC)C=CC(Nc2ccnc(N3CCNCC3)n2)=C(C)C1. The highest BCUT2D eigenvalue weighted by molar-refractivity contribution is 5.51. The fraction of sp³-hybridized carbons (Fsp3) is 0.579. The summed E-state index contributed by atoms with van der Waals surface area (Å²) < 4.78 is 0. The molecule has 3 rings (SSSR count). The van der Waals surface area contributed by atoms with Gasteiger partial charge in [-0.2, -0.15) is 4.98 Å². The standard InChI is InChI=1S/C19H30N6/c1-4-19(22-5-2)8-6-16(15(3)14-19)23-17-7-9-21-18(24-17)25-12-10-20-11-13-25/h6-9,20,22H,4-5,10-14H2,1-3H3,(H,21,23,24). The van der Waals surface area contributed by atoms with Crippen molar-refractivity contribution in [3.63, 3.8) is 0 Å². The number of hydrogen-bond donors (Lipinski definition) is 3. The van der Waals surface area contributed by atoms with Crippen LogP contribution in [0.4, 0.5) is 11.8 Å². The molecule has 1 fully saturated rings. The third-order valence-electron chi connectivity index (χ3n) is 5.07. The van der Waals surface area contributed by atoms with E-state index in [2.05, 4.69) is 58.8 Å². The van der Waals surface area contributed by atoms with Crippen LogP contribution < -0.4 is 20.9 Å². The topological polar surface area (TPSA) is 65.1 Å². The molecule has 1 saturated heterocycles. The van der Waals surface area contributed by atoms with Crippen molar-refractivity contribution in [2.45, 2.75) is 39.2 Å². The Morgan fingerprint density at radius 1 is 1.28 bits per heavy atom. The molecule has 1 aliphatic heterocycles. The van der Waals surface area contributed by atoms with Crippen LogP contribution >= 0.6 is 0 Å². The summed E-state index contributed by atoms with van der Waals surface area (Å²) in [5.41, 5.74) is 2.58. The molecule has 1 atom stereocenters. The van der Waals surface area contributed by atoms with E-state index in [0.29, 0.717) is 0 Å². The summed E-state index contributed by atoms with van der Waals surface area (Å²) >= 11 is 0. The van der Waals surface area contributed by atoms with Gasteiger partial charge >= 0.3 is 0 Å². The average Bonchev–Trinajstić information content (AvgIpc) is 2.65. The fourth-order valence-electron chi connectivity index (χ4n) is 3.58. The molecule has 3 N–H and O–H groups in total. The molecule has 0 aromatic carbocycles. The maximum atomic E-state index is 4.71. The Morgan fingerprint density at radius 3 is 2.76 bits per heavy atom. The first-order valence-corrected chi connectivity index (χ1v) is 9.35. The Kier molecular flexibility index (Phi) is 5.71.